The molecule has 0 bridgehead atoms. The predicted molar refractivity (Wildman–Crippen MR) is 51.7 cm³/mol. The number of halogens is 1. The Morgan fingerprint density at radius 1 is 1.71 bits per heavy atom. The number of nitrogens with zero attached hydrogens (tertiary/aromatic N) is 4. The lowest BCUT2D eigenvalue weighted by atomic mass is 10.2. The molecule has 0 fully saturated rings. The van der Waals surface area contributed by atoms with E-state index in [0.717, 1.165) is 0 Å². The van der Waals surface area contributed by atoms with Crippen LogP contribution in [0, 0.1) is 5.82 Å². The predicted octanol–water partition coefficient (Wildman–Crippen LogP) is 2.13. The van der Waals surface area contributed by atoms with Gasteiger partial charge in [-0.05, 0) is 17.2 Å². The second-order valence-corrected chi connectivity index (χ2v) is 2.45. The zero-order valence-corrected chi connectivity index (χ0v) is 7.26. The third-order valence-corrected chi connectivity index (χ3v) is 1.45. The van der Waals surface area contributed by atoms with E-state index in [1.54, 1.807) is 12.2 Å². The summed E-state index contributed by atoms with van der Waals surface area (Å²) in [5.41, 5.74) is 13.7. The number of pyridine rings is 1. The second kappa shape index (κ2) is 4.84. The van der Waals surface area contributed by atoms with Gasteiger partial charge in [0.15, 0.2) is 11.6 Å². The fourth-order valence-corrected chi connectivity index (χ4v) is 0.827. The van der Waals surface area contributed by atoms with E-state index >= 15 is 0 Å². The van der Waals surface area contributed by atoms with E-state index in [1.807, 2.05) is 0 Å². The Kier molecular flexibility index (Phi) is 3.46. The van der Waals surface area contributed by atoms with Crippen LogP contribution >= 0.6 is 0 Å². The fourth-order valence-electron chi connectivity index (χ4n) is 0.827. The summed E-state index contributed by atoms with van der Waals surface area (Å²) >= 11 is 0. The van der Waals surface area contributed by atoms with Crippen LogP contribution in [0.25, 0.3) is 16.5 Å². The molecular formula is C8H8FN5. The Balaban J connectivity index is 2.72. The van der Waals surface area contributed by atoms with Crippen molar-refractivity contribution >= 4 is 11.9 Å². The molecule has 14 heavy (non-hydrogen) atoms. The van der Waals surface area contributed by atoms with Gasteiger partial charge in [0.2, 0.25) is 0 Å². The summed E-state index contributed by atoms with van der Waals surface area (Å²) in [6.45, 7) is 0.225. The highest BCUT2D eigenvalue weighted by Crippen LogP contribution is 2.09. The molecule has 72 valence electrons. The van der Waals surface area contributed by atoms with E-state index in [9.17, 15) is 4.39 Å². The number of nitrogens with two attached hydrogens (primary N) is 1. The van der Waals surface area contributed by atoms with Crippen molar-refractivity contribution in [2.24, 2.45) is 5.11 Å². The van der Waals surface area contributed by atoms with Gasteiger partial charge in [-0.15, -0.1) is 0 Å². The average Bonchev–Trinajstić information content (AvgIpc) is 2.18. The average molecular weight is 193 g/mol. The maximum Gasteiger partial charge on any atom is 0.165 e. The van der Waals surface area contributed by atoms with E-state index in [-0.39, 0.29) is 12.4 Å². The molecule has 0 radical (unpaired) electrons. The normalized spacial score (nSPS) is 10.1. The van der Waals surface area contributed by atoms with Crippen LogP contribution in [0.3, 0.4) is 0 Å². The van der Waals surface area contributed by atoms with Crippen molar-refractivity contribution in [1.82, 2.24) is 4.98 Å². The molecule has 0 unspecified atom stereocenters. The van der Waals surface area contributed by atoms with Crippen LogP contribution in [0.15, 0.2) is 23.5 Å². The SMILES string of the molecule is [N-]=[N+]=NCC=Cc1cnc(N)c(F)c1. The van der Waals surface area contributed by atoms with Crippen molar-refractivity contribution in [3.63, 3.8) is 0 Å². The summed E-state index contributed by atoms with van der Waals surface area (Å²) in [5, 5.41) is 3.28. The van der Waals surface area contributed by atoms with Crippen molar-refractivity contribution in [2.45, 2.75) is 0 Å². The molecule has 1 rings (SSSR count). The van der Waals surface area contributed by atoms with Gasteiger partial charge in [-0.1, -0.05) is 17.3 Å². The molecule has 0 spiro atoms. The molecule has 0 aliphatic rings. The Morgan fingerprint density at radius 2 is 2.50 bits per heavy atom. The van der Waals surface area contributed by atoms with E-state index in [1.165, 1.54) is 12.3 Å². The zero-order chi connectivity index (χ0) is 10.4. The second-order valence-electron chi connectivity index (χ2n) is 2.45. The van der Waals surface area contributed by atoms with Gasteiger partial charge in [-0.25, -0.2) is 9.37 Å². The third-order valence-electron chi connectivity index (χ3n) is 1.45. The number of hydrogen-bond acceptors (Lipinski definition) is 3. The molecule has 0 aliphatic carbocycles. The van der Waals surface area contributed by atoms with Crippen molar-refractivity contribution < 1.29 is 4.39 Å². The van der Waals surface area contributed by atoms with Crippen LogP contribution in [-0.4, -0.2) is 11.5 Å². The molecule has 6 heteroatoms. The Labute approximate surface area is 79.7 Å². The van der Waals surface area contributed by atoms with Crippen LogP contribution in [0.2, 0.25) is 0 Å². The number of rotatable bonds is 3. The summed E-state index contributed by atoms with van der Waals surface area (Å²) in [5.74, 6) is -0.687. The first-order valence-corrected chi connectivity index (χ1v) is 3.82. The molecule has 0 saturated carbocycles. The largest absolute Gasteiger partial charge is 0.381 e. The van der Waals surface area contributed by atoms with Gasteiger partial charge >= 0.3 is 0 Å². The minimum atomic E-state index is -0.559. The Morgan fingerprint density at radius 3 is 3.14 bits per heavy atom. The first-order valence-electron chi connectivity index (χ1n) is 3.82. The van der Waals surface area contributed by atoms with Crippen molar-refractivity contribution in [3.05, 3.63) is 40.2 Å². The van der Waals surface area contributed by atoms with E-state index in [0.29, 0.717) is 5.56 Å². The molecule has 1 aromatic rings. The van der Waals surface area contributed by atoms with Crippen molar-refractivity contribution in [1.29, 1.82) is 0 Å². The molecule has 0 atom stereocenters. The van der Waals surface area contributed by atoms with Crippen molar-refractivity contribution in [2.75, 3.05) is 12.3 Å². The smallest absolute Gasteiger partial charge is 0.165 e. The van der Waals surface area contributed by atoms with Crippen LogP contribution in [0.5, 0.6) is 0 Å². The molecule has 1 heterocycles. The number of azide groups is 1. The van der Waals surface area contributed by atoms with Gasteiger partial charge in [-0.2, -0.15) is 0 Å². The lowest BCUT2D eigenvalue weighted by molar-refractivity contribution is 0.627. The molecular weight excluding hydrogens is 185 g/mol. The number of aromatic nitrogens is 1. The quantitative estimate of drug-likeness (QED) is 0.452. The molecule has 2 N–H and O–H groups in total. The summed E-state index contributed by atoms with van der Waals surface area (Å²) in [7, 11) is 0. The third kappa shape index (κ3) is 2.76. The van der Waals surface area contributed by atoms with Gasteiger partial charge < -0.3 is 5.73 Å². The Hall–Kier alpha value is -2.07. The topological polar surface area (TPSA) is 87.7 Å². The maximum absolute atomic E-state index is 12.9. The molecule has 0 aromatic carbocycles. The molecule has 0 aliphatic heterocycles. The van der Waals surface area contributed by atoms with Crippen LogP contribution in [0.4, 0.5) is 10.2 Å². The van der Waals surface area contributed by atoms with E-state index in [2.05, 4.69) is 15.0 Å². The summed E-state index contributed by atoms with van der Waals surface area (Å²) in [4.78, 5) is 6.19. The van der Waals surface area contributed by atoms with Crippen LogP contribution in [0.1, 0.15) is 5.56 Å². The van der Waals surface area contributed by atoms with Crippen LogP contribution in [-0.2, 0) is 0 Å². The minimum absolute atomic E-state index is 0.128. The van der Waals surface area contributed by atoms with Gasteiger partial charge in [0.05, 0.1) is 0 Å². The fraction of sp³-hybridized carbons (Fsp3) is 0.125. The maximum atomic E-state index is 12.9. The first-order chi connectivity index (χ1) is 6.74. The standard InChI is InChI=1S/C8H8FN5/c9-7-4-6(5-12-8(7)10)2-1-3-13-14-11/h1-2,4-5H,3H2,(H2,10,12). The molecule has 0 amide bonds. The summed E-state index contributed by atoms with van der Waals surface area (Å²) in [6.07, 6.45) is 4.64. The lowest BCUT2D eigenvalue weighted by Crippen LogP contribution is -1.94. The highest BCUT2D eigenvalue weighted by molar-refractivity contribution is 5.50. The van der Waals surface area contributed by atoms with E-state index in [4.69, 9.17) is 11.3 Å². The Bertz CT molecular complexity index is 395. The van der Waals surface area contributed by atoms with Gasteiger partial charge in [0.1, 0.15) is 0 Å². The number of hydrogen-bond donors (Lipinski definition) is 1. The number of nitrogen functional groups attached to an aromatic ring is 1. The van der Waals surface area contributed by atoms with Gasteiger partial charge in [-0.3, -0.25) is 0 Å². The summed E-state index contributed by atoms with van der Waals surface area (Å²) < 4.78 is 12.9. The minimum Gasteiger partial charge on any atom is -0.381 e. The monoisotopic (exact) mass is 193 g/mol. The van der Waals surface area contributed by atoms with Crippen LogP contribution < -0.4 is 5.73 Å². The molecule has 0 saturated heterocycles. The zero-order valence-electron chi connectivity index (χ0n) is 7.26. The first kappa shape index (κ1) is 10.0. The number of anilines is 1. The molecule has 5 nitrogen and oxygen atoms in total. The highest BCUT2D eigenvalue weighted by atomic mass is 19.1. The van der Waals surface area contributed by atoms with Gasteiger partial charge in [0, 0.05) is 17.7 Å². The lowest BCUT2D eigenvalue weighted by Gasteiger charge is -1.95. The van der Waals surface area contributed by atoms with E-state index < -0.39 is 5.82 Å². The summed E-state index contributed by atoms with van der Waals surface area (Å²) in [6, 6.07) is 1.26. The van der Waals surface area contributed by atoms with Gasteiger partial charge in [0.25, 0.3) is 0 Å². The molecule has 1 aromatic heterocycles. The highest BCUT2D eigenvalue weighted by Gasteiger charge is 1.97. The van der Waals surface area contributed by atoms with Crippen molar-refractivity contribution in [3.8, 4) is 0 Å².